The second kappa shape index (κ2) is 8.23. The second-order valence-electron chi connectivity index (χ2n) is 6.50. The van der Waals surface area contributed by atoms with Gasteiger partial charge in [0.25, 0.3) is 0 Å². The van der Waals surface area contributed by atoms with Crippen molar-refractivity contribution in [3.63, 3.8) is 0 Å². The second-order valence-corrected chi connectivity index (χ2v) is 6.93. The first-order chi connectivity index (χ1) is 13.7. The molecule has 0 aliphatic heterocycles. The predicted octanol–water partition coefficient (Wildman–Crippen LogP) is 5.38. The zero-order chi connectivity index (χ0) is 19.3. The van der Waals surface area contributed by atoms with Gasteiger partial charge in [0.05, 0.1) is 11.2 Å². The Morgan fingerprint density at radius 1 is 0.929 bits per heavy atom. The maximum atomic E-state index is 6.05. The highest BCUT2D eigenvalue weighted by Gasteiger charge is 2.06. The van der Waals surface area contributed by atoms with Crippen molar-refractivity contribution in [3.8, 4) is 0 Å². The van der Waals surface area contributed by atoms with Crippen molar-refractivity contribution in [1.82, 2.24) is 15.0 Å². The van der Waals surface area contributed by atoms with Crippen LogP contribution in [-0.2, 0) is 6.42 Å². The van der Waals surface area contributed by atoms with E-state index < -0.39 is 0 Å². The quantitative estimate of drug-likeness (QED) is 0.463. The highest BCUT2D eigenvalue weighted by Crippen LogP contribution is 2.24. The van der Waals surface area contributed by atoms with Crippen LogP contribution in [0.15, 0.2) is 66.9 Å². The summed E-state index contributed by atoms with van der Waals surface area (Å²) >= 11 is 6.05. The number of para-hydroxylation sites is 1. The zero-order valence-corrected chi connectivity index (χ0v) is 16.2. The van der Waals surface area contributed by atoms with Gasteiger partial charge >= 0.3 is 0 Å². The largest absolute Gasteiger partial charge is 0.370 e. The number of nitrogens with one attached hydrogen (secondary N) is 2. The fraction of sp³-hybridized carbons (Fsp3) is 0.136. The molecule has 4 aromatic rings. The maximum Gasteiger partial charge on any atom is 0.136 e. The van der Waals surface area contributed by atoms with Crippen LogP contribution >= 0.6 is 11.6 Å². The van der Waals surface area contributed by atoms with Crippen LogP contribution in [0.25, 0.3) is 10.9 Å². The molecule has 2 heterocycles. The summed E-state index contributed by atoms with van der Waals surface area (Å²) in [7, 11) is 0. The number of halogens is 1. The molecule has 0 atom stereocenters. The van der Waals surface area contributed by atoms with E-state index in [0.717, 1.165) is 46.2 Å². The molecule has 0 spiro atoms. The molecule has 6 heteroatoms. The zero-order valence-electron chi connectivity index (χ0n) is 15.5. The molecule has 5 nitrogen and oxygen atoms in total. The van der Waals surface area contributed by atoms with E-state index in [0.29, 0.717) is 5.82 Å². The number of rotatable bonds is 6. The molecule has 0 amide bonds. The van der Waals surface area contributed by atoms with Gasteiger partial charge in [-0.25, -0.2) is 9.97 Å². The molecule has 0 aliphatic carbocycles. The predicted molar refractivity (Wildman–Crippen MR) is 115 cm³/mol. The van der Waals surface area contributed by atoms with Gasteiger partial charge in [-0.2, -0.15) is 0 Å². The van der Waals surface area contributed by atoms with Crippen LogP contribution in [0, 0.1) is 6.92 Å². The lowest BCUT2D eigenvalue weighted by Crippen LogP contribution is -2.08. The standard InChI is InChI=1S/C22H20ClN5/c1-15-26-20(24-12-10-16-5-2-8-18(23)13-16)14-21(27-15)28-19-9-3-6-17-7-4-11-25-22(17)19/h2-9,11,13-14H,10,12H2,1H3,(H2,24,26,27,28). The highest BCUT2D eigenvalue weighted by atomic mass is 35.5. The molecule has 2 N–H and O–H groups in total. The number of aromatic nitrogens is 3. The number of benzene rings is 2. The summed E-state index contributed by atoms with van der Waals surface area (Å²) in [4.78, 5) is 13.5. The van der Waals surface area contributed by atoms with Crippen LogP contribution in [0.2, 0.25) is 5.02 Å². The van der Waals surface area contributed by atoms with E-state index in [1.807, 2.05) is 61.5 Å². The summed E-state index contributed by atoms with van der Waals surface area (Å²) < 4.78 is 0. The molecule has 140 valence electrons. The van der Waals surface area contributed by atoms with Crippen LogP contribution in [0.1, 0.15) is 11.4 Å². The summed E-state index contributed by atoms with van der Waals surface area (Å²) in [5.41, 5.74) is 3.02. The lowest BCUT2D eigenvalue weighted by molar-refractivity contribution is 0.983. The average Bonchev–Trinajstić information content (AvgIpc) is 2.68. The Bertz CT molecular complexity index is 1110. The van der Waals surface area contributed by atoms with Crippen molar-refractivity contribution >= 4 is 39.8 Å². The van der Waals surface area contributed by atoms with E-state index in [-0.39, 0.29) is 0 Å². The molecule has 0 saturated carbocycles. The number of fused-ring (bicyclic) bond motifs is 1. The fourth-order valence-corrected chi connectivity index (χ4v) is 3.31. The third-order valence-electron chi connectivity index (χ3n) is 4.34. The molecule has 28 heavy (non-hydrogen) atoms. The van der Waals surface area contributed by atoms with Crippen molar-refractivity contribution < 1.29 is 0 Å². The number of nitrogens with zero attached hydrogens (tertiary/aromatic N) is 3. The minimum absolute atomic E-state index is 0.698. The summed E-state index contributed by atoms with van der Waals surface area (Å²) in [5.74, 6) is 2.21. The third-order valence-corrected chi connectivity index (χ3v) is 4.58. The van der Waals surface area contributed by atoms with Crippen molar-refractivity contribution in [3.05, 3.63) is 83.3 Å². The lowest BCUT2D eigenvalue weighted by Gasteiger charge is -2.11. The topological polar surface area (TPSA) is 62.7 Å². The Balaban J connectivity index is 1.49. The molecule has 0 unspecified atom stereocenters. The fourth-order valence-electron chi connectivity index (χ4n) is 3.09. The highest BCUT2D eigenvalue weighted by molar-refractivity contribution is 6.30. The molecule has 2 aromatic carbocycles. The molecule has 4 rings (SSSR count). The molecule has 0 saturated heterocycles. The van der Waals surface area contributed by atoms with Crippen molar-refractivity contribution in [2.45, 2.75) is 13.3 Å². The first-order valence-electron chi connectivity index (χ1n) is 9.12. The molecular formula is C22H20ClN5. The van der Waals surface area contributed by atoms with Crippen LogP contribution in [-0.4, -0.2) is 21.5 Å². The maximum absolute atomic E-state index is 6.05. The molecule has 0 aliphatic rings. The Hall–Kier alpha value is -3.18. The number of pyridine rings is 1. The number of aryl methyl sites for hydroxylation is 1. The lowest BCUT2D eigenvalue weighted by atomic mass is 10.1. The molecule has 0 bridgehead atoms. The average molecular weight is 390 g/mol. The number of anilines is 3. The number of hydrogen-bond donors (Lipinski definition) is 2. The summed E-state index contributed by atoms with van der Waals surface area (Å²) in [6.07, 6.45) is 2.65. The van der Waals surface area contributed by atoms with Gasteiger partial charge in [0.1, 0.15) is 17.5 Å². The van der Waals surface area contributed by atoms with Gasteiger partial charge < -0.3 is 10.6 Å². The summed E-state index contributed by atoms with van der Waals surface area (Å²) in [6.45, 7) is 2.64. The van der Waals surface area contributed by atoms with Crippen LogP contribution in [0.4, 0.5) is 17.3 Å². The van der Waals surface area contributed by atoms with E-state index in [9.17, 15) is 0 Å². The Morgan fingerprint density at radius 3 is 2.64 bits per heavy atom. The van der Waals surface area contributed by atoms with Gasteiger partial charge in [-0.05, 0) is 43.2 Å². The first kappa shape index (κ1) is 18.2. The van der Waals surface area contributed by atoms with Gasteiger partial charge in [-0.15, -0.1) is 0 Å². The van der Waals surface area contributed by atoms with Crippen molar-refractivity contribution in [2.24, 2.45) is 0 Å². The molecular weight excluding hydrogens is 370 g/mol. The summed E-state index contributed by atoms with van der Waals surface area (Å²) in [6, 6.07) is 19.8. The molecule has 2 aromatic heterocycles. The third kappa shape index (κ3) is 4.38. The van der Waals surface area contributed by atoms with Gasteiger partial charge in [0, 0.05) is 29.2 Å². The van der Waals surface area contributed by atoms with E-state index in [1.54, 1.807) is 6.20 Å². The van der Waals surface area contributed by atoms with Gasteiger partial charge in [-0.3, -0.25) is 4.98 Å². The van der Waals surface area contributed by atoms with Crippen molar-refractivity contribution in [1.29, 1.82) is 0 Å². The van der Waals surface area contributed by atoms with Gasteiger partial charge in [0.15, 0.2) is 0 Å². The Kier molecular flexibility index (Phi) is 5.35. The van der Waals surface area contributed by atoms with Crippen molar-refractivity contribution in [2.75, 3.05) is 17.2 Å². The monoisotopic (exact) mass is 389 g/mol. The SMILES string of the molecule is Cc1nc(NCCc2cccc(Cl)c2)cc(Nc2cccc3cccnc23)n1. The van der Waals surface area contributed by atoms with E-state index in [4.69, 9.17) is 11.6 Å². The smallest absolute Gasteiger partial charge is 0.136 e. The summed E-state index contributed by atoms with van der Waals surface area (Å²) in [5, 5.41) is 8.58. The van der Waals surface area contributed by atoms with E-state index >= 15 is 0 Å². The molecule has 0 fully saturated rings. The van der Waals surface area contributed by atoms with Gasteiger partial charge in [-0.1, -0.05) is 41.9 Å². The Morgan fingerprint density at radius 2 is 1.75 bits per heavy atom. The first-order valence-corrected chi connectivity index (χ1v) is 9.50. The van der Waals surface area contributed by atoms with Crippen LogP contribution < -0.4 is 10.6 Å². The van der Waals surface area contributed by atoms with Crippen LogP contribution in [0.3, 0.4) is 0 Å². The minimum atomic E-state index is 0.698. The number of hydrogen-bond acceptors (Lipinski definition) is 5. The molecule has 0 radical (unpaired) electrons. The minimum Gasteiger partial charge on any atom is -0.370 e. The Labute approximate surface area is 168 Å². The van der Waals surface area contributed by atoms with E-state index in [2.05, 4.69) is 31.7 Å². The van der Waals surface area contributed by atoms with E-state index in [1.165, 1.54) is 5.56 Å². The normalized spacial score (nSPS) is 10.8. The van der Waals surface area contributed by atoms with Gasteiger partial charge in [0.2, 0.25) is 0 Å². The van der Waals surface area contributed by atoms with Crippen LogP contribution in [0.5, 0.6) is 0 Å².